The van der Waals surface area contributed by atoms with Crippen molar-refractivity contribution in [3.05, 3.63) is 42.0 Å². The van der Waals surface area contributed by atoms with E-state index >= 15 is 0 Å². The van der Waals surface area contributed by atoms with E-state index in [2.05, 4.69) is 70.2 Å². The van der Waals surface area contributed by atoms with E-state index in [-0.39, 0.29) is 0 Å². The molecule has 0 radical (unpaired) electrons. The standard InChI is InChI=1S/C17H26/c1-5-16(17(2,3)4)14-10-9-13-15-11-7-6-8-12-15/h6-9,11-13,16H,5,10,14H2,1-4H3. The molecule has 0 N–H and O–H groups in total. The van der Waals surface area contributed by atoms with Crippen LogP contribution in [0, 0.1) is 11.3 Å². The highest BCUT2D eigenvalue weighted by Crippen LogP contribution is 2.32. The Morgan fingerprint density at radius 1 is 1.12 bits per heavy atom. The summed E-state index contributed by atoms with van der Waals surface area (Å²) in [6.45, 7) is 9.35. The Bertz CT molecular complexity index is 327. The summed E-state index contributed by atoms with van der Waals surface area (Å²) in [5.74, 6) is 0.822. The third-order valence-electron chi connectivity index (χ3n) is 3.51. The van der Waals surface area contributed by atoms with Gasteiger partial charge in [0.25, 0.3) is 0 Å². The third-order valence-corrected chi connectivity index (χ3v) is 3.51. The molecule has 1 aromatic rings. The van der Waals surface area contributed by atoms with Gasteiger partial charge in [0.15, 0.2) is 0 Å². The Morgan fingerprint density at radius 3 is 2.29 bits per heavy atom. The topological polar surface area (TPSA) is 0 Å². The van der Waals surface area contributed by atoms with Crippen LogP contribution in [-0.2, 0) is 0 Å². The molecule has 0 nitrogen and oxygen atoms in total. The summed E-state index contributed by atoms with van der Waals surface area (Å²) in [6, 6.07) is 10.5. The molecule has 1 atom stereocenters. The number of hydrogen-bond donors (Lipinski definition) is 0. The van der Waals surface area contributed by atoms with Crippen molar-refractivity contribution < 1.29 is 0 Å². The Morgan fingerprint density at radius 2 is 1.76 bits per heavy atom. The van der Waals surface area contributed by atoms with Crippen molar-refractivity contribution in [2.75, 3.05) is 0 Å². The average molecular weight is 230 g/mol. The highest BCUT2D eigenvalue weighted by molar-refractivity contribution is 5.48. The number of benzene rings is 1. The Labute approximate surface area is 107 Å². The van der Waals surface area contributed by atoms with E-state index in [9.17, 15) is 0 Å². The first kappa shape index (κ1) is 14.0. The second kappa shape index (κ2) is 6.64. The van der Waals surface area contributed by atoms with Crippen molar-refractivity contribution in [3.63, 3.8) is 0 Å². The van der Waals surface area contributed by atoms with Crippen molar-refractivity contribution in [2.24, 2.45) is 11.3 Å². The first-order valence-corrected chi connectivity index (χ1v) is 6.75. The maximum absolute atomic E-state index is 2.35. The lowest BCUT2D eigenvalue weighted by molar-refractivity contribution is 0.220. The largest absolute Gasteiger partial charge is 0.0839 e. The van der Waals surface area contributed by atoms with Crippen LogP contribution >= 0.6 is 0 Å². The monoisotopic (exact) mass is 230 g/mol. The summed E-state index contributed by atoms with van der Waals surface area (Å²) in [7, 11) is 0. The molecule has 0 aromatic heterocycles. The molecule has 0 fully saturated rings. The van der Waals surface area contributed by atoms with Gasteiger partial charge in [-0.15, -0.1) is 0 Å². The van der Waals surface area contributed by atoms with Gasteiger partial charge in [0, 0.05) is 0 Å². The lowest BCUT2D eigenvalue weighted by atomic mass is 9.76. The zero-order valence-electron chi connectivity index (χ0n) is 11.7. The molecule has 0 heterocycles. The van der Waals surface area contributed by atoms with Gasteiger partial charge in [0.1, 0.15) is 0 Å². The molecule has 0 aliphatic carbocycles. The van der Waals surface area contributed by atoms with Crippen molar-refractivity contribution in [1.82, 2.24) is 0 Å². The summed E-state index contributed by atoms with van der Waals surface area (Å²) in [6.07, 6.45) is 8.30. The van der Waals surface area contributed by atoms with Gasteiger partial charge in [-0.1, -0.05) is 76.6 Å². The van der Waals surface area contributed by atoms with Crippen LogP contribution in [0.1, 0.15) is 52.5 Å². The minimum Gasteiger partial charge on any atom is -0.0839 e. The van der Waals surface area contributed by atoms with Crippen LogP contribution in [0.5, 0.6) is 0 Å². The molecule has 94 valence electrons. The van der Waals surface area contributed by atoms with Crippen LogP contribution in [0.2, 0.25) is 0 Å². The van der Waals surface area contributed by atoms with Gasteiger partial charge >= 0.3 is 0 Å². The van der Waals surface area contributed by atoms with E-state index in [4.69, 9.17) is 0 Å². The lowest BCUT2D eigenvalue weighted by Crippen LogP contribution is -2.19. The molecule has 0 aliphatic heterocycles. The molecule has 0 spiro atoms. The van der Waals surface area contributed by atoms with E-state index in [1.807, 2.05) is 0 Å². The Balaban J connectivity index is 2.39. The van der Waals surface area contributed by atoms with Crippen LogP contribution in [0.3, 0.4) is 0 Å². The molecule has 1 unspecified atom stereocenters. The molecule has 0 heteroatoms. The molecule has 17 heavy (non-hydrogen) atoms. The lowest BCUT2D eigenvalue weighted by Gasteiger charge is -2.29. The molecular formula is C17H26. The summed E-state index contributed by atoms with van der Waals surface area (Å²) in [4.78, 5) is 0. The fraction of sp³-hybridized carbons (Fsp3) is 0.529. The quantitative estimate of drug-likeness (QED) is 0.622. The van der Waals surface area contributed by atoms with Gasteiger partial charge < -0.3 is 0 Å². The molecule has 1 rings (SSSR count). The molecule has 1 aromatic carbocycles. The maximum Gasteiger partial charge on any atom is -0.0260 e. The van der Waals surface area contributed by atoms with Crippen molar-refractivity contribution >= 4 is 6.08 Å². The third kappa shape index (κ3) is 5.21. The molecule has 0 saturated carbocycles. The smallest absolute Gasteiger partial charge is 0.0260 e. The van der Waals surface area contributed by atoms with Crippen LogP contribution in [-0.4, -0.2) is 0 Å². The fourth-order valence-corrected chi connectivity index (χ4v) is 2.33. The summed E-state index contributed by atoms with van der Waals surface area (Å²) >= 11 is 0. The molecule has 0 amide bonds. The number of rotatable bonds is 5. The summed E-state index contributed by atoms with van der Waals surface area (Å²) in [5, 5.41) is 0. The second-order valence-electron chi connectivity index (χ2n) is 5.86. The van der Waals surface area contributed by atoms with E-state index in [0.29, 0.717) is 5.41 Å². The van der Waals surface area contributed by atoms with Gasteiger partial charge in [0.2, 0.25) is 0 Å². The highest BCUT2D eigenvalue weighted by Gasteiger charge is 2.21. The molecule has 0 saturated heterocycles. The van der Waals surface area contributed by atoms with E-state index < -0.39 is 0 Å². The van der Waals surface area contributed by atoms with Gasteiger partial charge in [0.05, 0.1) is 0 Å². The minimum absolute atomic E-state index is 0.440. The fourth-order valence-electron chi connectivity index (χ4n) is 2.33. The minimum atomic E-state index is 0.440. The Hall–Kier alpha value is -1.04. The van der Waals surface area contributed by atoms with Gasteiger partial charge in [-0.25, -0.2) is 0 Å². The van der Waals surface area contributed by atoms with E-state index in [1.54, 1.807) is 0 Å². The predicted molar refractivity (Wildman–Crippen MR) is 77.9 cm³/mol. The molecular weight excluding hydrogens is 204 g/mol. The van der Waals surface area contributed by atoms with E-state index in [1.165, 1.54) is 24.8 Å². The normalized spacial score (nSPS) is 14.1. The van der Waals surface area contributed by atoms with Crippen LogP contribution in [0.15, 0.2) is 36.4 Å². The average Bonchev–Trinajstić information content (AvgIpc) is 2.28. The maximum atomic E-state index is 2.35. The zero-order valence-corrected chi connectivity index (χ0v) is 11.7. The van der Waals surface area contributed by atoms with Crippen molar-refractivity contribution in [2.45, 2.75) is 47.0 Å². The zero-order chi connectivity index (χ0) is 12.7. The van der Waals surface area contributed by atoms with Gasteiger partial charge in [-0.2, -0.15) is 0 Å². The van der Waals surface area contributed by atoms with Gasteiger partial charge in [-0.3, -0.25) is 0 Å². The highest BCUT2D eigenvalue weighted by atomic mass is 14.3. The van der Waals surface area contributed by atoms with Crippen molar-refractivity contribution in [3.8, 4) is 0 Å². The van der Waals surface area contributed by atoms with Crippen molar-refractivity contribution in [1.29, 1.82) is 0 Å². The second-order valence-corrected chi connectivity index (χ2v) is 5.86. The molecule has 0 aliphatic rings. The first-order chi connectivity index (χ1) is 8.04. The first-order valence-electron chi connectivity index (χ1n) is 6.75. The van der Waals surface area contributed by atoms with Crippen LogP contribution in [0.4, 0.5) is 0 Å². The predicted octanol–water partition coefficient (Wildman–Crippen LogP) is 5.55. The SMILES string of the molecule is CCC(CCC=Cc1ccccc1)C(C)(C)C. The van der Waals surface area contributed by atoms with Crippen LogP contribution in [0.25, 0.3) is 6.08 Å². The van der Waals surface area contributed by atoms with Crippen LogP contribution < -0.4 is 0 Å². The number of hydrogen-bond acceptors (Lipinski definition) is 0. The number of allylic oxidation sites excluding steroid dienone is 1. The Kier molecular flexibility index (Phi) is 5.47. The van der Waals surface area contributed by atoms with Gasteiger partial charge in [-0.05, 0) is 29.7 Å². The summed E-state index contributed by atoms with van der Waals surface area (Å²) < 4.78 is 0. The summed E-state index contributed by atoms with van der Waals surface area (Å²) in [5.41, 5.74) is 1.74. The molecule has 0 bridgehead atoms. The van der Waals surface area contributed by atoms with E-state index in [0.717, 1.165) is 5.92 Å².